The van der Waals surface area contributed by atoms with Crippen molar-refractivity contribution in [2.24, 2.45) is 0 Å². The molecule has 0 bridgehead atoms. The summed E-state index contributed by atoms with van der Waals surface area (Å²) in [6.45, 7) is 2.58. The number of halogens is 1. The minimum atomic E-state index is -4.85. The number of aliphatic hydroxyl groups is 1. The van der Waals surface area contributed by atoms with Crippen molar-refractivity contribution in [3.05, 3.63) is 32.9 Å². The van der Waals surface area contributed by atoms with Gasteiger partial charge in [0.25, 0.3) is 5.56 Å². The van der Waals surface area contributed by atoms with Gasteiger partial charge >= 0.3 is 32.4 Å². The van der Waals surface area contributed by atoms with E-state index >= 15 is 0 Å². The zero-order valence-electron chi connectivity index (χ0n) is 12.2. The van der Waals surface area contributed by atoms with Gasteiger partial charge in [-0.2, -0.15) is 4.39 Å². The van der Waals surface area contributed by atoms with Crippen LogP contribution in [0.3, 0.4) is 0 Å². The van der Waals surface area contributed by atoms with Crippen molar-refractivity contribution < 1.29 is 33.1 Å². The molecule has 2 heterocycles. The van der Waals surface area contributed by atoms with E-state index in [2.05, 4.69) is 4.52 Å². The third-order valence-corrected chi connectivity index (χ3v) is 4.08. The maximum absolute atomic E-state index is 13.3. The van der Waals surface area contributed by atoms with E-state index in [1.54, 1.807) is 4.98 Å². The molecule has 1 aromatic rings. The second-order valence-electron chi connectivity index (χ2n) is 5.64. The van der Waals surface area contributed by atoms with Gasteiger partial charge in [-0.3, -0.25) is 18.9 Å². The molecule has 13 heteroatoms. The summed E-state index contributed by atoms with van der Waals surface area (Å²) in [4.78, 5) is 42.3. The second-order valence-corrected chi connectivity index (χ2v) is 6.81. The fraction of sp³-hybridized carbons (Fsp3) is 0.636. The van der Waals surface area contributed by atoms with E-state index in [1.807, 2.05) is 0 Å². The number of ether oxygens (including phenoxy) is 1. The second kappa shape index (κ2) is 7.23. The normalized spacial score (nSPS) is 24.7. The van der Waals surface area contributed by atoms with Gasteiger partial charge in [0.05, 0.1) is 12.3 Å². The molecule has 0 saturated carbocycles. The molecule has 4 N–H and O–H groups in total. The van der Waals surface area contributed by atoms with Crippen LogP contribution in [-0.2, 0) is 13.8 Å². The van der Waals surface area contributed by atoms with Gasteiger partial charge in [-0.05, 0) is 13.8 Å². The van der Waals surface area contributed by atoms with Crippen molar-refractivity contribution in [3.8, 4) is 0 Å². The summed E-state index contributed by atoms with van der Waals surface area (Å²) in [5.74, 6) is -1.21. The minimum absolute atomic E-state index is 0. The number of aromatic nitrogens is 2. The van der Waals surface area contributed by atoms with E-state index in [0.29, 0.717) is 6.20 Å². The molecule has 1 aromatic heterocycles. The molecule has 1 saturated heterocycles. The molecular formula is C11H17FLiN2O8P. The molecular weight excluding hydrogens is 345 g/mol. The molecule has 132 valence electrons. The number of hydrogen-bond donors (Lipinski definition) is 4. The number of H-pyrrole nitrogens is 1. The van der Waals surface area contributed by atoms with Crippen molar-refractivity contribution in [2.45, 2.75) is 44.3 Å². The fourth-order valence-corrected chi connectivity index (χ4v) is 3.20. The Bertz CT molecular complexity index is 759. The van der Waals surface area contributed by atoms with Crippen LogP contribution >= 0.6 is 7.82 Å². The van der Waals surface area contributed by atoms with Crippen molar-refractivity contribution >= 4 is 26.7 Å². The molecule has 2 rings (SSSR count). The Morgan fingerprint density at radius 3 is 2.58 bits per heavy atom. The SMILES string of the molecule is CC(C)(OP(=O)(O)O)[C@H]1O[C@@H](n2cc(F)c(=O)[nH]c2=O)C[C@@H]1O.[LiH]. The molecule has 1 aliphatic heterocycles. The molecule has 3 atom stereocenters. The van der Waals surface area contributed by atoms with Crippen LogP contribution in [0.4, 0.5) is 4.39 Å². The first-order chi connectivity index (χ1) is 10.4. The molecule has 0 aliphatic carbocycles. The number of phosphoric acid groups is 1. The van der Waals surface area contributed by atoms with Crippen LogP contribution in [0.25, 0.3) is 0 Å². The zero-order chi connectivity index (χ0) is 17.6. The van der Waals surface area contributed by atoms with E-state index < -0.39 is 48.9 Å². The maximum atomic E-state index is 13.3. The summed E-state index contributed by atoms with van der Waals surface area (Å²) in [6.07, 6.45) is -3.08. The molecule has 10 nitrogen and oxygen atoms in total. The van der Waals surface area contributed by atoms with E-state index in [1.165, 1.54) is 13.8 Å². The number of aliphatic hydroxyl groups excluding tert-OH is 1. The molecule has 1 aliphatic rings. The van der Waals surface area contributed by atoms with E-state index in [-0.39, 0.29) is 25.3 Å². The summed E-state index contributed by atoms with van der Waals surface area (Å²) < 4.78 is 35.0. The quantitative estimate of drug-likeness (QED) is 0.376. The van der Waals surface area contributed by atoms with Crippen LogP contribution in [0.15, 0.2) is 15.8 Å². The molecule has 0 spiro atoms. The van der Waals surface area contributed by atoms with Gasteiger partial charge in [0.15, 0.2) is 0 Å². The predicted molar refractivity (Wildman–Crippen MR) is 80.2 cm³/mol. The third kappa shape index (κ3) is 4.65. The van der Waals surface area contributed by atoms with Gasteiger partial charge in [-0.25, -0.2) is 9.36 Å². The number of hydrogen-bond acceptors (Lipinski definition) is 6. The van der Waals surface area contributed by atoms with Crippen LogP contribution in [0.2, 0.25) is 0 Å². The van der Waals surface area contributed by atoms with Gasteiger partial charge in [0.2, 0.25) is 5.82 Å². The summed E-state index contributed by atoms with van der Waals surface area (Å²) in [5.41, 5.74) is -3.72. The van der Waals surface area contributed by atoms with Crippen LogP contribution in [0, 0.1) is 5.82 Å². The molecule has 0 amide bonds. The first kappa shape index (κ1) is 21.3. The summed E-state index contributed by atoms with van der Waals surface area (Å²) in [7, 11) is -4.85. The third-order valence-electron chi connectivity index (χ3n) is 3.37. The Hall–Kier alpha value is -0.763. The first-order valence-corrected chi connectivity index (χ1v) is 8.04. The summed E-state index contributed by atoms with van der Waals surface area (Å²) >= 11 is 0. The van der Waals surface area contributed by atoms with E-state index in [9.17, 15) is 23.7 Å². The van der Waals surface area contributed by atoms with Crippen molar-refractivity contribution in [1.82, 2.24) is 9.55 Å². The van der Waals surface area contributed by atoms with Crippen LogP contribution in [0.5, 0.6) is 0 Å². The number of aromatic amines is 1. The zero-order valence-corrected chi connectivity index (χ0v) is 13.1. The average Bonchev–Trinajstić information content (AvgIpc) is 2.73. The van der Waals surface area contributed by atoms with Crippen LogP contribution in [-0.4, -0.2) is 61.1 Å². The average molecular weight is 362 g/mol. The Morgan fingerprint density at radius 1 is 1.46 bits per heavy atom. The molecule has 0 aromatic carbocycles. The first-order valence-electron chi connectivity index (χ1n) is 6.51. The molecule has 24 heavy (non-hydrogen) atoms. The summed E-state index contributed by atoms with van der Waals surface area (Å²) in [5, 5.41) is 10.0. The molecule has 0 radical (unpaired) electrons. The van der Waals surface area contributed by atoms with Gasteiger partial charge in [-0.1, -0.05) is 0 Å². The Labute approximate surface area is 147 Å². The van der Waals surface area contributed by atoms with E-state index in [0.717, 1.165) is 4.57 Å². The Kier molecular flexibility index (Phi) is 6.41. The van der Waals surface area contributed by atoms with Crippen LogP contribution in [0.1, 0.15) is 26.5 Å². The fourth-order valence-electron chi connectivity index (χ4n) is 2.49. The number of rotatable bonds is 4. The van der Waals surface area contributed by atoms with Gasteiger partial charge in [0.1, 0.15) is 17.9 Å². The van der Waals surface area contributed by atoms with Crippen LogP contribution < -0.4 is 11.2 Å². The topological polar surface area (TPSA) is 151 Å². The number of nitrogens with zero attached hydrogens (tertiary/aromatic N) is 1. The number of phosphoric ester groups is 1. The van der Waals surface area contributed by atoms with Crippen molar-refractivity contribution in [2.75, 3.05) is 0 Å². The van der Waals surface area contributed by atoms with Gasteiger partial charge in [-0.15, -0.1) is 0 Å². The predicted octanol–water partition coefficient (Wildman–Crippen LogP) is -1.44. The molecule has 1 fully saturated rings. The van der Waals surface area contributed by atoms with E-state index in [4.69, 9.17) is 14.5 Å². The van der Waals surface area contributed by atoms with Crippen molar-refractivity contribution in [3.63, 3.8) is 0 Å². The molecule has 0 unspecified atom stereocenters. The monoisotopic (exact) mass is 362 g/mol. The Morgan fingerprint density at radius 2 is 2.04 bits per heavy atom. The Balaban J connectivity index is 0.00000288. The number of nitrogens with one attached hydrogen (secondary N) is 1. The van der Waals surface area contributed by atoms with Crippen molar-refractivity contribution in [1.29, 1.82) is 0 Å². The standard InChI is InChI=1S/C11H16FN2O8P.Li.H/c1-11(2,22-23(18,19)20)8-6(15)3-7(21-8)14-4-5(12)9(16)13-10(14)17;;/h4,6-8,15H,3H2,1-2H3,(H,13,16,17)(H2,18,19,20);;/t6-,7+,8-;;/m0../s1. The van der Waals surface area contributed by atoms with Gasteiger partial charge in [0, 0.05) is 6.42 Å². The summed E-state index contributed by atoms with van der Waals surface area (Å²) in [6, 6.07) is 0. The van der Waals surface area contributed by atoms with Gasteiger partial charge < -0.3 is 19.6 Å².